The van der Waals surface area contributed by atoms with Crippen LogP contribution in [0.15, 0.2) is 0 Å². The number of rotatable bonds is 15. The van der Waals surface area contributed by atoms with Gasteiger partial charge in [0.15, 0.2) is 0 Å². The molecule has 0 saturated heterocycles. The molecule has 0 aliphatic heterocycles. The van der Waals surface area contributed by atoms with E-state index in [1.807, 2.05) is 0 Å². The summed E-state index contributed by atoms with van der Waals surface area (Å²) >= 11 is 0. The third-order valence-corrected chi connectivity index (χ3v) is 13.5. The van der Waals surface area contributed by atoms with Crippen LogP contribution in [0.1, 0.15) is 393 Å². The minimum Gasteiger partial charge on any atom is -0.345 e. The molecule has 0 bridgehead atoms. The second-order valence-corrected chi connectivity index (χ2v) is 35.8. The molecule has 4 fully saturated rings. The molecule has 0 N–H and O–H groups in total. The molecule has 0 spiro atoms. The Morgan fingerprint density at radius 1 is 0.392 bits per heavy atom. The van der Waals surface area contributed by atoms with Gasteiger partial charge in [-0.25, -0.2) is 19.3 Å². The zero-order chi connectivity index (χ0) is 75.8. The molecule has 0 aromatic heterocycles. The molecule has 4 aliphatic carbocycles. The third kappa shape index (κ3) is 162. The minimum atomic E-state index is 0. The van der Waals surface area contributed by atoms with E-state index in [-0.39, 0.29) is 105 Å². The molecule has 7 atom stereocenters. The molecule has 4 aliphatic rings. The summed E-state index contributed by atoms with van der Waals surface area (Å²) in [5.74, 6) is 23.8. The zero-order valence-electron chi connectivity index (χ0n) is 74.9. The van der Waals surface area contributed by atoms with E-state index in [0.717, 1.165) is 127 Å². The Kier molecular flexibility index (Phi) is 137. The maximum absolute atomic E-state index is 4.26. The minimum absolute atomic E-state index is 0. The van der Waals surface area contributed by atoms with Crippen molar-refractivity contribution in [3.8, 4) is 0 Å². The fourth-order valence-electron chi connectivity index (χ4n) is 8.64. The molecule has 0 aromatic carbocycles. The van der Waals surface area contributed by atoms with Crippen molar-refractivity contribution in [2.24, 2.45) is 112 Å². The summed E-state index contributed by atoms with van der Waals surface area (Å²) < 4.78 is 0. The van der Waals surface area contributed by atoms with Crippen LogP contribution in [0.25, 0.3) is 0 Å². The van der Waals surface area contributed by atoms with Crippen molar-refractivity contribution in [3.63, 3.8) is 0 Å². The predicted molar refractivity (Wildman–Crippen MR) is 442 cm³/mol. The zero-order valence-corrected chi connectivity index (χ0v) is 89.6. The SMILES string of the molecule is CC(C)C.CC(C)C.CC(C)C.CC(C)C.CC(C)C.C[C-](C)C.C[C-](C)C.C[C-](C)C.C[C-](C)C.C[C-](C)C.[CH2-]C1CC([CH2-])CC(C(C)C)C1.[CH2-]CC(C(C)C)C1C[CH-]C1.[CH2-]CC(CC[C-]1CC1)C(C)C.[CH2-]CC1([CH2-])CCC(C(C)C)C1.[CH2-]CCC(C[CH2-])C(C)C.[W].[W].[W].[W].[W]. The average Bonchev–Trinajstić information content (AvgIpc) is 4.33. The van der Waals surface area contributed by atoms with Gasteiger partial charge in [-0.05, 0) is 71.0 Å². The number of hydrogen-bond acceptors (Lipinski definition) is 0. The van der Waals surface area contributed by atoms with Gasteiger partial charge in [0.2, 0.25) is 0 Å². The molecule has 604 valence electrons. The van der Waals surface area contributed by atoms with Gasteiger partial charge in [-0.2, -0.15) is 166 Å². The van der Waals surface area contributed by atoms with Crippen LogP contribution in [0.2, 0.25) is 0 Å². The van der Waals surface area contributed by atoms with Crippen molar-refractivity contribution in [2.75, 3.05) is 0 Å². The van der Waals surface area contributed by atoms with Gasteiger partial charge in [0, 0.05) is 105 Å². The topological polar surface area (TPSA) is 0 Å². The van der Waals surface area contributed by atoms with Crippen LogP contribution in [-0.2, 0) is 105 Å². The second-order valence-electron chi connectivity index (χ2n) is 35.8. The molecule has 4 rings (SSSR count). The van der Waals surface area contributed by atoms with E-state index in [0.29, 0.717) is 17.3 Å². The maximum atomic E-state index is 4.26. The molecule has 97 heavy (non-hydrogen) atoms. The van der Waals surface area contributed by atoms with E-state index in [4.69, 9.17) is 0 Å². The molecule has 0 amide bonds. The van der Waals surface area contributed by atoms with Crippen LogP contribution in [-0.4, -0.2) is 0 Å². The van der Waals surface area contributed by atoms with Crippen LogP contribution in [0.4, 0.5) is 0 Å². The van der Waals surface area contributed by atoms with Crippen LogP contribution in [0, 0.1) is 209 Å². The summed E-state index contributed by atoms with van der Waals surface area (Å²) in [5, 5.41) is 0. The van der Waals surface area contributed by atoms with Gasteiger partial charge in [-0.1, -0.05) is 242 Å². The molecule has 0 heterocycles. The molecule has 0 aromatic rings. The van der Waals surface area contributed by atoms with Crippen LogP contribution in [0.5, 0.6) is 0 Å². The Labute approximate surface area is 700 Å². The van der Waals surface area contributed by atoms with Crippen molar-refractivity contribution in [3.05, 3.63) is 97.3 Å². The second kappa shape index (κ2) is 95.5. The summed E-state index contributed by atoms with van der Waals surface area (Å²) in [6.07, 6.45) is 25.1. The molecular weight excluding hydrogens is 2020 g/mol. The first-order valence-electron chi connectivity index (χ1n) is 38.7. The maximum Gasteiger partial charge on any atom is 0 e. The van der Waals surface area contributed by atoms with E-state index in [2.05, 4.69) is 339 Å². The van der Waals surface area contributed by atoms with Crippen LogP contribution in [0.3, 0.4) is 0 Å². The first kappa shape index (κ1) is 139. The third-order valence-electron chi connectivity index (χ3n) is 13.5. The Morgan fingerprint density at radius 3 is 0.794 bits per heavy atom. The summed E-state index contributed by atoms with van der Waals surface area (Å²) in [6, 6.07) is 0. The van der Waals surface area contributed by atoms with E-state index in [9.17, 15) is 0 Å². The summed E-state index contributed by atoms with van der Waals surface area (Å²) in [6.45, 7) is 119. The first-order valence-corrected chi connectivity index (χ1v) is 38.7. The molecule has 5 heteroatoms. The van der Waals surface area contributed by atoms with E-state index >= 15 is 0 Å². The quantitative estimate of drug-likeness (QED) is 0.143. The van der Waals surface area contributed by atoms with Crippen molar-refractivity contribution in [1.82, 2.24) is 0 Å². The van der Waals surface area contributed by atoms with Crippen molar-refractivity contribution in [1.29, 1.82) is 0 Å². The van der Waals surface area contributed by atoms with Crippen molar-refractivity contribution >= 4 is 0 Å². The smallest absolute Gasteiger partial charge is 0 e. The van der Waals surface area contributed by atoms with E-state index in [1.54, 1.807) is 5.92 Å². The first-order chi connectivity index (χ1) is 41.7. The fraction of sp³-hybridized carbons (Fsp3) is 0.837. The van der Waals surface area contributed by atoms with Gasteiger partial charge in [0.05, 0.1) is 0 Å². The normalized spacial score (nSPS) is 18.6. The largest absolute Gasteiger partial charge is 0.345 e. The molecule has 0 nitrogen and oxygen atoms in total. The summed E-state index contributed by atoms with van der Waals surface area (Å²) in [5.41, 5.74) is 0.328. The fourth-order valence-corrected chi connectivity index (χ4v) is 8.64. The van der Waals surface area contributed by atoms with Crippen LogP contribution < -0.4 is 0 Å². The van der Waals surface area contributed by atoms with Crippen LogP contribution >= 0.6 is 0 Å². The van der Waals surface area contributed by atoms with Gasteiger partial charge >= 0.3 is 0 Å². The van der Waals surface area contributed by atoms with Gasteiger partial charge < -0.3 is 97.3 Å². The predicted octanol–water partition coefficient (Wildman–Crippen LogP) is 33.1. The Morgan fingerprint density at radius 2 is 0.660 bits per heavy atom. The Bertz CT molecular complexity index is 1130. The van der Waals surface area contributed by atoms with Gasteiger partial charge in [-0.3, -0.25) is 0 Å². The molecule has 4 saturated carbocycles. The monoisotopic (exact) mass is 2220 g/mol. The van der Waals surface area contributed by atoms with Crippen molar-refractivity contribution in [2.45, 2.75) is 393 Å². The van der Waals surface area contributed by atoms with E-state index in [1.165, 1.54) is 113 Å². The molecular formula is C92H191W5-15. The van der Waals surface area contributed by atoms with Gasteiger partial charge in [0.25, 0.3) is 0 Å². The summed E-state index contributed by atoms with van der Waals surface area (Å²) in [4.78, 5) is 0. The van der Waals surface area contributed by atoms with Gasteiger partial charge in [-0.15, -0.1) is 6.42 Å². The Hall–Kier alpha value is 3.44. The molecule has 0 radical (unpaired) electrons. The summed E-state index contributed by atoms with van der Waals surface area (Å²) in [7, 11) is 0. The standard InChI is InChI=1S/3C11H20.C10H18.C9H18.5C4H10.5C4H9.5W/c1-8(2)11-6-9(3)5-10(4)7-11;1-5-11(4)7-6-10(8-11)9(2)3;1-4-11(9(2)3)8-7-10-5-6-10;1-4-10(8(2)3)9-6-5-7-9;1-5-7-9(6-2)8(3)4;10*1-4(2)3;;;;;/h8-11H,3-7H2,1-2H3;9-10H,1,4-8H2,2-3H3;9,11H,1,4-8H2,2-3H3;5,8-10H,1,4,6-7H2,2-3H3;8-9H,1-2,5-7H2,3-4H3;5*4H,1-3H3;5*1-3H3;;;;;/q5*-2;;;;;;5*-1;;;;;. The van der Waals surface area contributed by atoms with Crippen molar-refractivity contribution < 1.29 is 105 Å². The number of hydrogen-bond donors (Lipinski definition) is 0. The van der Waals surface area contributed by atoms with E-state index < -0.39 is 0 Å². The van der Waals surface area contributed by atoms with Gasteiger partial charge in [0.1, 0.15) is 0 Å². The Balaban J connectivity index is -0.0000000528. The molecule has 7 unspecified atom stereocenters. The average molecular weight is 2220 g/mol.